The van der Waals surface area contributed by atoms with Gasteiger partial charge in [-0.25, -0.2) is 4.98 Å². The van der Waals surface area contributed by atoms with Crippen LogP contribution in [0.5, 0.6) is 0 Å². The van der Waals surface area contributed by atoms with Crippen LogP contribution in [0.1, 0.15) is 0 Å². The summed E-state index contributed by atoms with van der Waals surface area (Å²) in [7, 11) is 0. The number of para-hydroxylation sites is 2. The molecule has 1 heterocycles. The van der Waals surface area contributed by atoms with Gasteiger partial charge in [-0.1, -0.05) is 30.0 Å². The lowest BCUT2D eigenvalue weighted by Gasteiger charge is -1.96. The number of H-pyrrole nitrogens is 1. The number of aromatic amines is 1. The highest BCUT2D eigenvalue weighted by Crippen LogP contribution is 2.29. The fourth-order valence-electron chi connectivity index (χ4n) is 1.77. The van der Waals surface area contributed by atoms with Crippen LogP contribution >= 0.6 is 11.8 Å². The predicted octanol–water partition coefficient (Wildman–Crippen LogP) is 3.00. The third-order valence-corrected chi connectivity index (χ3v) is 3.53. The van der Waals surface area contributed by atoms with Crippen molar-refractivity contribution in [2.45, 2.75) is 10.1 Å². The number of hydrogen-bond acceptors (Lipinski definition) is 3. The van der Waals surface area contributed by atoms with E-state index >= 15 is 0 Å². The minimum absolute atomic E-state index is 0.350. The quantitative estimate of drug-likeness (QED) is 0.436. The largest absolute Gasteiger partial charge is 0.333 e. The van der Waals surface area contributed by atoms with Crippen molar-refractivity contribution in [3.05, 3.63) is 53.4 Å². The van der Waals surface area contributed by atoms with Gasteiger partial charge in [0.1, 0.15) is 0 Å². The first-order valence-electron chi connectivity index (χ1n) is 5.67. The summed E-state index contributed by atoms with van der Waals surface area (Å²) in [5.41, 5.74) is 2.33. The molecule has 6 heteroatoms. The summed E-state index contributed by atoms with van der Waals surface area (Å²) in [5, 5.41) is 0.785. The van der Waals surface area contributed by atoms with E-state index in [4.69, 9.17) is 5.84 Å². The van der Waals surface area contributed by atoms with Crippen molar-refractivity contribution in [3.63, 3.8) is 0 Å². The molecule has 0 amide bonds. The van der Waals surface area contributed by atoms with E-state index in [1.54, 1.807) is 18.2 Å². The van der Waals surface area contributed by atoms with Crippen LogP contribution in [0.4, 0.5) is 5.69 Å². The molecule has 2 aromatic carbocycles. The Labute approximate surface area is 113 Å². The fraction of sp³-hybridized carbons (Fsp3) is 0. The maximum Gasteiger partial charge on any atom is 0.292 e. The molecule has 0 unspecified atom stereocenters. The number of benzene rings is 2. The van der Waals surface area contributed by atoms with Crippen molar-refractivity contribution in [2.24, 2.45) is 5.84 Å². The fourth-order valence-corrected chi connectivity index (χ4v) is 2.63. The number of rotatable bonds is 3. The molecule has 3 aromatic rings. The average molecular weight is 271 g/mol. The summed E-state index contributed by atoms with van der Waals surface area (Å²) in [4.78, 5) is 20.0. The van der Waals surface area contributed by atoms with E-state index in [9.17, 15) is 4.91 Å². The van der Waals surface area contributed by atoms with Crippen molar-refractivity contribution in [3.8, 4) is 0 Å². The summed E-state index contributed by atoms with van der Waals surface area (Å²) < 4.78 is 0. The van der Waals surface area contributed by atoms with Gasteiger partial charge >= 0.3 is 0 Å². The number of fused-ring (bicyclic) bond motifs is 1. The molecular weight excluding hydrogens is 260 g/mol. The van der Waals surface area contributed by atoms with E-state index in [0.29, 0.717) is 10.6 Å². The van der Waals surface area contributed by atoms with Gasteiger partial charge in [0.05, 0.1) is 15.9 Å². The SMILES string of the molecule is N[N+](=O)c1cccc(Sc2nc3ccccc3[nH]2)c1. The Kier molecular flexibility index (Phi) is 2.92. The van der Waals surface area contributed by atoms with Crippen LogP contribution in [-0.4, -0.2) is 14.8 Å². The number of imidazole rings is 1. The zero-order chi connectivity index (χ0) is 13.2. The van der Waals surface area contributed by atoms with Crippen LogP contribution in [0.15, 0.2) is 58.6 Å². The second-order valence-electron chi connectivity index (χ2n) is 3.98. The van der Waals surface area contributed by atoms with Crippen LogP contribution < -0.4 is 5.84 Å². The molecule has 0 aliphatic rings. The van der Waals surface area contributed by atoms with Gasteiger partial charge in [0.25, 0.3) is 5.69 Å². The van der Waals surface area contributed by atoms with Gasteiger partial charge in [0, 0.05) is 17.0 Å². The first-order valence-corrected chi connectivity index (χ1v) is 6.49. The second-order valence-corrected chi connectivity index (χ2v) is 5.05. The number of hydrazine groups is 1. The zero-order valence-electron chi connectivity index (χ0n) is 9.91. The Morgan fingerprint density at radius 3 is 2.79 bits per heavy atom. The van der Waals surface area contributed by atoms with Crippen molar-refractivity contribution in [1.82, 2.24) is 9.97 Å². The summed E-state index contributed by atoms with van der Waals surface area (Å²) in [6, 6.07) is 14.9. The molecule has 0 radical (unpaired) electrons. The molecule has 3 N–H and O–H groups in total. The number of nitrogens with zero attached hydrogens (tertiary/aromatic N) is 2. The lowest BCUT2D eigenvalue weighted by atomic mass is 10.3. The molecule has 0 aliphatic carbocycles. The van der Waals surface area contributed by atoms with E-state index in [0.717, 1.165) is 21.1 Å². The highest BCUT2D eigenvalue weighted by Gasteiger charge is 2.10. The number of nitroso groups, excluding NO2 is 1. The minimum atomic E-state index is 0.350. The summed E-state index contributed by atoms with van der Waals surface area (Å²) in [6.45, 7) is 0. The van der Waals surface area contributed by atoms with Crippen LogP contribution in [0.2, 0.25) is 0 Å². The van der Waals surface area contributed by atoms with Gasteiger partial charge in [0.15, 0.2) is 10.0 Å². The third kappa shape index (κ3) is 2.43. The van der Waals surface area contributed by atoms with Crippen LogP contribution in [-0.2, 0) is 0 Å². The van der Waals surface area contributed by atoms with E-state index < -0.39 is 0 Å². The molecule has 0 atom stereocenters. The highest BCUT2D eigenvalue weighted by molar-refractivity contribution is 7.99. The molecule has 0 saturated heterocycles. The minimum Gasteiger partial charge on any atom is -0.333 e. The maximum atomic E-state index is 11.1. The van der Waals surface area contributed by atoms with E-state index in [-0.39, 0.29) is 0 Å². The summed E-state index contributed by atoms with van der Waals surface area (Å²) in [5.74, 6) is 5.18. The zero-order valence-corrected chi connectivity index (χ0v) is 10.7. The van der Waals surface area contributed by atoms with Gasteiger partial charge in [-0.05, 0) is 18.2 Å². The smallest absolute Gasteiger partial charge is 0.292 e. The predicted molar refractivity (Wildman–Crippen MR) is 74.1 cm³/mol. The Bertz CT molecular complexity index is 720. The van der Waals surface area contributed by atoms with Crippen molar-refractivity contribution in [1.29, 1.82) is 0 Å². The molecule has 3 rings (SSSR count). The lowest BCUT2D eigenvalue weighted by molar-refractivity contribution is -0.474. The van der Waals surface area contributed by atoms with E-state index in [1.807, 2.05) is 30.3 Å². The second kappa shape index (κ2) is 4.74. The van der Waals surface area contributed by atoms with Gasteiger partial charge in [-0.3, -0.25) is 0 Å². The number of nitrogens with two attached hydrogens (primary N) is 1. The Balaban J connectivity index is 1.92. The van der Waals surface area contributed by atoms with Gasteiger partial charge < -0.3 is 4.98 Å². The average Bonchev–Trinajstić information content (AvgIpc) is 2.81. The van der Waals surface area contributed by atoms with Crippen molar-refractivity contribution >= 4 is 28.5 Å². The number of aromatic nitrogens is 2. The topological polar surface area (TPSA) is 74.8 Å². The van der Waals surface area contributed by atoms with Crippen molar-refractivity contribution in [2.75, 3.05) is 0 Å². The van der Waals surface area contributed by atoms with Crippen LogP contribution in [0, 0.1) is 4.91 Å². The first-order chi connectivity index (χ1) is 9.22. The van der Waals surface area contributed by atoms with Gasteiger partial charge in [-0.2, -0.15) is 5.84 Å². The molecule has 19 heavy (non-hydrogen) atoms. The number of nitrogens with one attached hydrogen (secondary N) is 1. The molecular formula is C13H11N4OS+. The molecule has 0 bridgehead atoms. The maximum absolute atomic E-state index is 11.1. The van der Waals surface area contributed by atoms with E-state index in [2.05, 4.69) is 9.97 Å². The summed E-state index contributed by atoms with van der Waals surface area (Å²) in [6.07, 6.45) is 0. The Hall–Kier alpha value is -2.34. The Morgan fingerprint density at radius 2 is 2.00 bits per heavy atom. The summed E-state index contributed by atoms with van der Waals surface area (Å²) >= 11 is 1.46. The molecule has 0 spiro atoms. The van der Waals surface area contributed by atoms with Gasteiger partial charge in [-0.15, -0.1) is 0 Å². The lowest BCUT2D eigenvalue weighted by Crippen LogP contribution is -2.08. The molecule has 0 saturated carbocycles. The monoisotopic (exact) mass is 271 g/mol. The third-order valence-electron chi connectivity index (χ3n) is 2.65. The highest BCUT2D eigenvalue weighted by atomic mass is 32.2. The normalized spacial score (nSPS) is 10.7. The molecule has 0 fully saturated rings. The Morgan fingerprint density at radius 1 is 1.16 bits per heavy atom. The first kappa shape index (κ1) is 11.7. The van der Waals surface area contributed by atoms with Crippen LogP contribution in [0.3, 0.4) is 0 Å². The molecule has 94 valence electrons. The number of hydrogen-bond donors (Lipinski definition) is 2. The van der Waals surface area contributed by atoms with Crippen LogP contribution in [0.25, 0.3) is 11.0 Å². The molecule has 5 nitrogen and oxygen atoms in total. The standard InChI is InChI=1S/C13H11N4OS/c14-17(18)9-4-3-5-10(8-9)19-13-15-11-6-1-2-7-12(11)16-13/h1-8H,(H2,14,18)(H,15,16)/q+1. The van der Waals surface area contributed by atoms with Crippen molar-refractivity contribution < 1.29 is 4.87 Å². The van der Waals surface area contributed by atoms with Gasteiger partial charge in [0.2, 0.25) is 0 Å². The molecule has 1 aromatic heterocycles. The molecule has 0 aliphatic heterocycles. The van der Waals surface area contributed by atoms with E-state index in [1.165, 1.54) is 11.8 Å².